The first-order valence-electron chi connectivity index (χ1n) is 4.63. The molecule has 2 heteroatoms. The lowest BCUT2D eigenvalue weighted by molar-refractivity contribution is 0.207. The van der Waals surface area contributed by atoms with E-state index in [0.29, 0.717) is 11.6 Å². The van der Waals surface area contributed by atoms with Crippen LogP contribution in [0.5, 0.6) is 0 Å². The third kappa shape index (κ3) is 2.80. The average molecular weight is 156 g/mol. The third-order valence-corrected chi connectivity index (χ3v) is 2.61. The van der Waals surface area contributed by atoms with Crippen LogP contribution in [-0.2, 0) is 0 Å². The summed E-state index contributed by atoms with van der Waals surface area (Å²) >= 11 is 0. The SMILES string of the molecule is CC(N)CCNC1(C)CCC1. The van der Waals surface area contributed by atoms with Crippen LogP contribution in [0.25, 0.3) is 0 Å². The Kier molecular flexibility index (Phi) is 2.90. The minimum Gasteiger partial charge on any atom is -0.328 e. The predicted molar refractivity (Wildman–Crippen MR) is 48.5 cm³/mol. The quantitative estimate of drug-likeness (QED) is 0.643. The Morgan fingerprint density at radius 2 is 2.18 bits per heavy atom. The molecule has 1 atom stereocenters. The van der Waals surface area contributed by atoms with Gasteiger partial charge in [-0.05, 0) is 46.1 Å². The van der Waals surface area contributed by atoms with Crippen molar-refractivity contribution in [3.05, 3.63) is 0 Å². The molecule has 0 bridgehead atoms. The van der Waals surface area contributed by atoms with Gasteiger partial charge in [0.2, 0.25) is 0 Å². The van der Waals surface area contributed by atoms with Gasteiger partial charge in [-0.25, -0.2) is 0 Å². The largest absolute Gasteiger partial charge is 0.328 e. The van der Waals surface area contributed by atoms with Crippen LogP contribution in [0, 0.1) is 0 Å². The Labute approximate surface area is 69.5 Å². The van der Waals surface area contributed by atoms with Crippen LogP contribution >= 0.6 is 0 Å². The molecule has 1 fully saturated rings. The van der Waals surface area contributed by atoms with E-state index in [1.54, 1.807) is 0 Å². The molecule has 0 aromatic heterocycles. The van der Waals surface area contributed by atoms with Crippen molar-refractivity contribution in [1.82, 2.24) is 5.32 Å². The minimum absolute atomic E-state index is 0.339. The summed E-state index contributed by atoms with van der Waals surface area (Å²) in [5.41, 5.74) is 6.09. The second kappa shape index (κ2) is 3.55. The summed E-state index contributed by atoms with van der Waals surface area (Å²) in [4.78, 5) is 0. The lowest BCUT2D eigenvalue weighted by Gasteiger charge is -2.39. The Hall–Kier alpha value is -0.0800. The molecule has 0 radical (unpaired) electrons. The predicted octanol–water partition coefficient (Wildman–Crippen LogP) is 1.26. The smallest absolute Gasteiger partial charge is 0.0153 e. The van der Waals surface area contributed by atoms with Crippen molar-refractivity contribution in [2.45, 2.75) is 51.1 Å². The van der Waals surface area contributed by atoms with E-state index in [4.69, 9.17) is 5.73 Å². The zero-order valence-electron chi connectivity index (χ0n) is 7.69. The fourth-order valence-corrected chi connectivity index (χ4v) is 1.49. The number of nitrogens with two attached hydrogens (primary N) is 1. The molecular formula is C9H20N2. The van der Waals surface area contributed by atoms with Gasteiger partial charge in [-0.3, -0.25) is 0 Å². The molecule has 1 aliphatic rings. The van der Waals surface area contributed by atoms with Gasteiger partial charge in [0.25, 0.3) is 0 Å². The molecule has 11 heavy (non-hydrogen) atoms. The van der Waals surface area contributed by atoms with Crippen LogP contribution in [0.3, 0.4) is 0 Å². The minimum atomic E-state index is 0.339. The van der Waals surface area contributed by atoms with Gasteiger partial charge in [-0.2, -0.15) is 0 Å². The van der Waals surface area contributed by atoms with Crippen molar-refractivity contribution < 1.29 is 0 Å². The maximum absolute atomic E-state index is 5.64. The van der Waals surface area contributed by atoms with Gasteiger partial charge in [0.15, 0.2) is 0 Å². The molecule has 0 spiro atoms. The normalized spacial score (nSPS) is 24.3. The molecule has 0 aromatic rings. The molecule has 0 aliphatic heterocycles. The molecule has 1 aliphatic carbocycles. The van der Waals surface area contributed by atoms with Crippen LogP contribution in [0.4, 0.5) is 0 Å². The van der Waals surface area contributed by atoms with Crippen molar-refractivity contribution >= 4 is 0 Å². The van der Waals surface area contributed by atoms with Gasteiger partial charge in [0.05, 0.1) is 0 Å². The number of nitrogens with one attached hydrogen (secondary N) is 1. The summed E-state index contributed by atoms with van der Waals surface area (Å²) in [6.45, 7) is 5.44. The zero-order valence-corrected chi connectivity index (χ0v) is 7.69. The first kappa shape index (κ1) is 9.01. The Balaban J connectivity index is 2.02. The highest BCUT2D eigenvalue weighted by atomic mass is 15.0. The van der Waals surface area contributed by atoms with Crippen molar-refractivity contribution in [2.24, 2.45) is 5.73 Å². The average Bonchev–Trinajstić information content (AvgIpc) is 1.83. The second-order valence-corrected chi connectivity index (χ2v) is 4.11. The first-order chi connectivity index (χ1) is 5.12. The van der Waals surface area contributed by atoms with E-state index in [1.165, 1.54) is 19.3 Å². The van der Waals surface area contributed by atoms with Crippen molar-refractivity contribution in [2.75, 3.05) is 6.54 Å². The Morgan fingerprint density at radius 3 is 2.55 bits per heavy atom. The molecule has 1 unspecified atom stereocenters. The summed E-state index contributed by atoms with van der Waals surface area (Å²) in [5.74, 6) is 0. The topological polar surface area (TPSA) is 38.0 Å². The fourth-order valence-electron chi connectivity index (χ4n) is 1.49. The zero-order chi connectivity index (χ0) is 8.32. The summed E-state index contributed by atoms with van der Waals surface area (Å²) in [7, 11) is 0. The first-order valence-corrected chi connectivity index (χ1v) is 4.63. The summed E-state index contributed by atoms with van der Waals surface area (Å²) < 4.78 is 0. The molecule has 1 rings (SSSR count). The van der Waals surface area contributed by atoms with E-state index in [2.05, 4.69) is 19.2 Å². The molecule has 2 nitrogen and oxygen atoms in total. The fraction of sp³-hybridized carbons (Fsp3) is 1.00. The molecular weight excluding hydrogens is 136 g/mol. The van der Waals surface area contributed by atoms with Gasteiger partial charge in [-0.1, -0.05) is 0 Å². The lowest BCUT2D eigenvalue weighted by Crippen LogP contribution is -2.49. The van der Waals surface area contributed by atoms with Gasteiger partial charge in [-0.15, -0.1) is 0 Å². The summed E-state index contributed by atoms with van der Waals surface area (Å²) in [6.07, 6.45) is 5.16. The van der Waals surface area contributed by atoms with E-state index in [1.807, 2.05) is 0 Å². The van der Waals surface area contributed by atoms with E-state index in [9.17, 15) is 0 Å². The van der Waals surface area contributed by atoms with Crippen molar-refractivity contribution in [3.63, 3.8) is 0 Å². The standard InChI is InChI=1S/C9H20N2/c1-8(10)4-7-11-9(2)5-3-6-9/h8,11H,3-7,10H2,1-2H3. The molecule has 66 valence electrons. The second-order valence-electron chi connectivity index (χ2n) is 4.11. The molecule has 3 N–H and O–H groups in total. The third-order valence-electron chi connectivity index (χ3n) is 2.61. The van der Waals surface area contributed by atoms with Crippen LogP contribution in [-0.4, -0.2) is 18.1 Å². The van der Waals surface area contributed by atoms with Crippen LogP contribution < -0.4 is 11.1 Å². The molecule has 0 heterocycles. The van der Waals surface area contributed by atoms with Gasteiger partial charge < -0.3 is 11.1 Å². The highest BCUT2D eigenvalue weighted by Gasteiger charge is 2.30. The van der Waals surface area contributed by atoms with Crippen LogP contribution in [0.15, 0.2) is 0 Å². The van der Waals surface area contributed by atoms with Crippen LogP contribution in [0.2, 0.25) is 0 Å². The van der Waals surface area contributed by atoms with Gasteiger partial charge >= 0.3 is 0 Å². The Morgan fingerprint density at radius 1 is 1.55 bits per heavy atom. The maximum Gasteiger partial charge on any atom is 0.0153 e. The Bertz CT molecular complexity index is 117. The highest BCUT2D eigenvalue weighted by Crippen LogP contribution is 2.30. The molecule has 0 aromatic carbocycles. The van der Waals surface area contributed by atoms with E-state index >= 15 is 0 Å². The number of hydrogen-bond acceptors (Lipinski definition) is 2. The molecule has 0 saturated heterocycles. The van der Waals surface area contributed by atoms with Crippen molar-refractivity contribution in [1.29, 1.82) is 0 Å². The number of rotatable bonds is 4. The van der Waals surface area contributed by atoms with Gasteiger partial charge in [0.1, 0.15) is 0 Å². The van der Waals surface area contributed by atoms with Crippen molar-refractivity contribution in [3.8, 4) is 0 Å². The van der Waals surface area contributed by atoms with Crippen LogP contribution in [0.1, 0.15) is 39.5 Å². The molecule has 1 saturated carbocycles. The lowest BCUT2D eigenvalue weighted by atomic mass is 9.78. The van der Waals surface area contributed by atoms with E-state index in [-0.39, 0.29) is 0 Å². The summed E-state index contributed by atoms with van der Waals surface area (Å²) in [5, 5.41) is 3.55. The molecule has 0 amide bonds. The number of hydrogen-bond donors (Lipinski definition) is 2. The monoisotopic (exact) mass is 156 g/mol. The van der Waals surface area contributed by atoms with E-state index in [0.717, 1.165) is 13.0 Å². The maximum atomic E-state index is 5.64. The highest BCUT2D eigenvalue weighted by molar-refractivity contribution is 4.91. The van der Waals surface area contributed by atoms with Gasteiger partial charge in [0, 0.05) is 11.6 Å². The summed E-state index contributed by atoms with van der Waals surface area (Å²) in [6, 6.07) is 0.339. The van der Waals surface area contributed by atoms with E-state index < -0.39 is 0 Å².